The van der Waals surface area contributed by atoms with Crippen LogP contribution >= 0.6 is 0 Å². The van der Waals surface area contributed by atoms with Crippen LogP contribution in [0.5, 0.6) is 0 Å². The fraction of sp³-hybridized carbons (Fsp3) is 0.500. The van der Waals surface area contributed by atoms with Gasteiger partial charge in [-0.3, -0.25) is 4.79 Å². The average molecular weight is 171 g/mol. The monoisotopic (exact) mass is 171 g/mol. The van der Waals surface area contributed by atoms with E-state index in [2.05, 4.69) is 12.6 Å². The van der Waals surface area contributed by atoms with E-state index in [1.807, 2.05) is 0 Å². The molecule has 0 aliphatic carbocycles. The summed E-state index contributed by atoms with van der Waals surface area (Å²) in [7, 11) is 0. The minimum atomic E-state index is -0.833. The zero-order chi connectivity index (χ0) is 6.99. The summed E-state index contributed by atoms with van der Waals surface area (Å²) >= 11 is 4.19. The molecule has 0 saturated heterocycles. The van der Waals surface area contributed by atoms with Gasteiger partial charge < -0.3 is 17.7 Å². The summed E-state index contributed by atoms with van der Waals surface area (Å²) in [6, 6.07) is 1.75. The molecule has 0 saturated carbocycles. The van der Waals surface area contributed by atoms with Gasteiger partial charge in [0.1, 0.15) is 0 Å². The number of hydrogen-bond acceptors (Lipinski definition) is 3. The van der Waals surface area contributed by atoms with Crippen LogP contribution in [-0.4, -0.2) is 16.8 Å². The maximum Gasteiger partial charge on any atom is 1.00 e. The van der Waals surface area contributed by atoms with E-state index < -0.39 is 5.97 Å². The van der Waals surface area contributed by atoms with Crippen molar-refractivity contribution in [3.63, 3.8) is 0 Å². The molecule has 1 N–H and O–H groups in total. The Labute approximate surface area is 102 Å². The van der Waals surface area contributed by atoms with Gasteiger partial charge >= 0.3 is 51.4 Å². The molecule has 0 amide bonds. The van der Waals surface area contributed by atoms with Crippen LogP contribution in [-0.2, 0) is 17.4 Å². The molecule has 0 rings (SSSR count). The molecule has 0 unspecified atom stereocenters. The Bertz CT molecular complexity index is 97.2. The molecule has 5 heteroatoms. The molecular formula is C4H6KNO2S. The predicted molar refractivity (Wildman–Crippen MR) is 31.2 cm³/mol. The molecule has 0 aromatic rings. The van der Waals surface area contributed by atoms with Crippen LogP contribution in [0.1, 0.15) is 6.92 Å². The molecule has 0 aliphatic heterocycles. The molecule has 0 aromatic heterocycles. The van der Waals surface area contributed by atoms with E-state index in [0.717, 1.165) is 6.92 Å². The van der Waals surface area contributed by atoms with E-state index in [1.54, 1.807) is 6.07 Å². The van der Waals surface area contributed by atoms with Crippen LogP contribution in [0.15, 0.2) is 0 Å². The Morgan fingerprint density at radius 1 is 1.89 bits per heavy atom. The zero-order valence-corrected chi connectivity index (χ0v) is 9.36. The Hall–Kier alpha value is 0.946. The number of nitrogens with zero attached hydrogens (tertiary/aromatic N) is 1. The standard InChI is InChI=1S/C2H3NS.C2H4O2.K/c3-1-2-4;1-2(3)4;/h4H,2H2;1H3,(H,3,4);/q;;+1/p-1. The number of carboxylic acids is 1. The van der Waals surface area contributed by atoms with Crippen molar-refractivity contribution in [3.8, 4) is 6.07 Å². The topological polar surface area (TPSA) is 61.1 Å². The van der Waals surface area contributed by atoms with E-state index in [0.29, 0.717) is 0 Å². The zero-order valence-electron chi connectivity index (χ0n) is 5.42. The molecule has 0 heterocycles. The molecular weight excluding hydrogens is 165 g/mol. The van der Waals surface area contributed by atoms with E-state index in [-0.39, 0.29) is 57.1 Å². The van der Waals surface area contributed by atoms with E-state index in [1.165, 1.54) is 0 Å². The normalized spacial score (nSPS) is 5.00. The minimum Gasteiger partial charge on any atom is -0.778 e. The van der Waals surface area contributed by atoms with Gasteiger partial charge in [-0.15, -0.1) is 0 Å². The number of aliphatic carboxylic acids is 1. The summed E-state index contributed by atoms with van der Waals surface area (Å²) in [4.78, 5) is 9.00. The van der Waals surface area contributed by atoms with Crippen LogP contribution < -0.4 is 51.4 Å². The van der Waals surface area contributed by atoms with E-state index in [9.17, 15) is 0 Å². The van der Waals surface area contributed by atoms with Crippen LogP contribution in [0.25, 0.3) is 0 Å². The first-order valence-corrected chi connectivity index (χ1v) is 2.37. The number of hydrogen-bond donors (Lipinski definition) is 1. The maximum atomic E-state index is 9.00. The molecule has 0 bridgehead atoms. The van der Waals surface area contributed by atoms with Crippen molar-refractivity contribution in [2.45, 2.75) is 6.92 Å². The molecule has 9 heavy (non-hydrogen) atoms. The Kier molecular flexibility index (Phi) is 29.3. The van der Waals surface area contributed by atoms with Crippen molar-refractivity contribution < 1.29 is 61.3 Å². The first-order chi connectivity index (χ1) is 3.65. The van der Waals surface area contributed by atoms with E-state index in [4.69, 9.17) is 15.2 Å². The van der Waals surface area contributed by atoms with Gasteiger partial charge in [-0.05, 0) is 0 Å². The van der Waals surface area contributed by atoms with E-state index >= 15 is 0 Å². The third kappa shape index (κ3) is 114. The fourth-order valence-corrected chi connectivity index (χ4v) is 0. The fourth-order valence-electron chi connectivity index (χ4n) is 0. The van der Waals surface area contributed by atoms with Crippen LogP contribution in [0, 0.1) is 11.3 Å². The molecule has 3 nitrogen and oxygen atoms in total. The van der Waals surface area contributed by atoms with Gasteiger partial charge in [0, 0.05) is 13.0 Å². The Morgan fingerprint density at radius 3 is 2.00 bits per heavy atom. The maximum absolute atomic E-state index is 9.00. The number of rotatable bonds is 0. The first kappa shape index (κ1) is 16.5. The van der Waals surface area contributed by atoms with Crippen LogP contribution in [0.4, 0.5) is 0 Å². The molecule has 0 radical (unpaired) electrons. The molecule has 0 aliphatic rings. The second-order valence-electron chi connectivity index (χ2n) is 0.821. The number of nitriles is 1. The van der Waals surface area contributed by atoms with Crippen molar-refractivity contribution in [3.05, 3.63) is 0 Å². The summed E-state index contributed by atoms with van der Waals surface area (Å²) in [6.07, 6.45) is 0. The summed E-state index contributed by atoms with van der Waals surface area (Å²) < 4.78 is 0. The van der Waals surface area contributed by atoms with Crippen molar-refractivity contribution in [2.75, 3.05) is 5.75 Å². The SMILES string of the molecule is CC(=O)O.N#CC[S-].[K+]. The van der Waals surface area contributed by atoms with Gasteiger partial charge in [-0.2, -0.15) is 0 Å². The van der Waals surface area contributed by atoms with Gasteiger partial charge in [-0.1, -0.05) is 5.75 Å². The van der Waals surface area contributed by atoms with Crippen molar-refractivity contribution in [1.82, 2.24) is 0 Å². The molecule has 0 spiro atoms. The molecule has 46 valence electrons. The van der Waals surface area contributed by atoms with Gasteiger partial charge in [0.2, 0.25) is 0 Å². The smallest absolute Gasteiger partial charge is 0.778 e. The largest absolute Gasteiger partial charge is 1.00 e. The summed E-state index contributed by atoms with van der Waals surface area (Å²) in [5.41, 5.74) is 0. The average Bonchev–Trinajstić information content (AvgIpc) is 1.65. The third-order valence-corrected chi connectivity index (χ3v) is 0.194. The number of carbonyl (C=O) groups is 1. The summed E-state index contributed by atoms with van der Waals surface area (Å²) in [5.74, 6) is -0.625. The summed E-state index contributed by atoms with van der Waals surface area (Å²) in [5, 5.41) is 14.9. The summed E-state index contributed by atoms with van der Waals surface area (Å²) in [6.45, 7) is 1.08. The quantitative estimate of drug-likeness (QED) is 0.315. The predicted octanol–water partition coefficient (Wildman–Crippen LogP) is -2.85. The molecule has 0 aromatic carbocycles. The van der Waals surface area contributed by atoms with Gasteiger partial charge in [0.15, 0.2) is 0 Å². The molecule has 0 fully saturated rings. The first-order valence-electron chi connectivity index (χ1n) is 1.79. The Balaban J connectivity index is -0.0000000720. The van der Waals surface area contributed by atoms with Crippen molar-refractivity contribution >= 4 is 18.6 Å². The second kappa shape index (κ2) is 16.0. The van der Waals surface area contributed by atoms with Gasteiger partial charge in [0.25, 0.3) is 5.97 Å². The van der Waals surface area contributed by atoms with Gasteiger partial charge in [0.05, 0.1) is 0 Å². The third-order valence-electron chi connectivity index (χ3n) is 0.0645. The Morgan fingerprint density at radius 2 is 2.00 bits per heavy atom. The van der Waals surface area contributed by atoms with Gasteiger partial charge in [-0.25, -0.2) is 5.26 Å². The van der Waals surface area contributed by atoms with Crippen molar-refractivity contribution in [2.24, 2.45) is 0 Å². The van der Waals surface area contributed by atoms with Crippen LogP contribution in [0.3, 0.4) is 0 Å². The minimum absolute atomic E-state index is 0. The number of carboxylic acid groups (broad SMARTS) is 1. The van der Waals surface area contributed by atoms with Crippen molar-refractivity contribution in [1.29, 1.82) is 5.26 Å². The second-order valence-corrected chi connectivity index (χ2v) is 1.11. The molecule has 0 atom stereocenters. The van der Waals surface area contributed by atoms with Crippen LogP contribution in [0.2, 0.25) is 0 Å².